The van der Waals surface area contributed by atoms with Crippen LogP contribution in [0.4, 0.5) is 0 Å². The number of ether oxygens (including phenoxy) is 3. The predicted molar refractivity (Wildman–Crippen MR) is 78.4 cm³/mol. The number of nitrogens with zero attached hydrogens (tertiary/aromatic N) is 2. The quantitative estimate of drug-likeness (QED) is 0.662. The van der Waals surface area contributed by atoms with Crippen molar-refractivity contribution in [1.82, 2.24) is 15.1 Å². The van der Waals surface area contributed by atoms with Crippen molar-refractivity contribution in [3.05, 3.63) is 11.8 Å². The van der Waals surface area contributed by atoms with Crippen molar-refractivity contribution in [2.24, 2.45) is 0 Å². The lowest BCUT2D eigenvalue weighted by atomic mass is 10.3. The topological polar surface area (TPSA) is 74.6 Å². The van der Waals surface area contributed by atoms with Crippen LogP contribution in [0.2, 0.25) is 0 Å². The molecule has 0 spiro atoms. The van der Waals surface area contributed by atoms with Crippen LogP contribution in [-0.4, -0.2) is 49.3 Å². The summed E-state index contributed by atoms with van der Waals surface area (Å²) >= 11 is 0. The van der Waals surface area contributed by atoms with Gasteiger partial charge < -0.3 is 19.5 Å². The molecule has 120 valence electrons. The van der Waals surface area contributed by atoms with E-state index in [0.717, 1.165) is 19.4 Å². The molecule has 1 aromatic rings. The van der Waals surface area contributed by atoms with E-state index in [1.165, 1.54) is 14.2 Å². The first-order valence-electron chi connectivity index (χ1n) is 7.20. The average Bonchev–Trinajstić information content (AvgIpc) is 2.89. The van der Waals surface area contributed by atoms with Crippen LogP contribution in [0.1, 0.15) is 37.0 Å². The van der Waals surface area contributed by atoms with Gasteiger partial charge in [-0.2, -0.15) is 0 Å². The van der Waals surface area contributed by atoms with Gasteiger partial charge in [0.05, 0.1) is 13.2 Å². The molecule has 0 unspecified atom stereocenters. The molecule has 1 heterocycles. The van der Waals surface area contributed by atoms with Gasteiger partial charge in [0.25, 0.3) is 5.91 Å². The molecular formula is C14H25N3O4. The lowest BCUT2D eigenvalue weighted by molar-refractivity contribution is -0.0974. The smallest absolute Gasteiger partial charge is 0.258 e. The lowest BCUT2D eigenvalue weighted by Gasteiger charge is -2.13. The molecule has 0 aliphatic rings. The molecule has 7 nitrogen and oxygen atoms in total. The Kier molecular flexibility index (Phi) is 7.78. The third-order valence-electron chi connectivity index (χ3n) is 2.82. The molecule has 0 bridgehead atoms. The number of hydrogen-bond acceptors (Lipinski definition) is 5. The molecule has 0 saturated carbocycles. The number of hydrogen-bond donors (Lipinski definition) is 1. The summed E-state index contributed by atoms with van der Waals surface area (Å²) in [6, 6.07) is 0. The average molecular weight is 299 g/mol. The van der Waals surface area contributed by atoms with Crippen molar-refractivity contribution in [3.8, 4) is 5.88 Å². The van der Waals surface area contributed by atoms with E-state index in [0.29, 0.717) is 18.1 Å². The molecule has 7 heteroatoms. The highest BCUT2D eigenvalue weighted by Gasteiger charge is 2.18. The highest BCUT2D eigenvalue weighted by atomic mass is 16.7. The van der Waals surface area contributed by atoms with Gasteiger partial charge in [-0.1, -0.05) is 13.8 Å². The van der Waals surface area contributed by atoms with Gasteiger partial charge in [0.2, 0.25) is 5.88 Å². The number of rotatable bonds is 10. The van der Waals surface area contributed by atoms with E-state index in [1.807, 2.05) is 6.92 Å². The first kappa shape index (κ1) is 17.5. The van der Waals surface area contributed by atoms with Crippen molar-refractivity contribution in [1.29, 1.82) is 0 Å². The Balaban J connectivity index is 2.75. The maximum atomic E-state index is 12.2. The van der Waals surface area contributed by atoms with E-state index in [1.54, 1.807) is 10.9 Å². The molecular weight excluding hydrogens is 274 g/mol. The van der Waals surface area contributed by atoms with Crippen LogP contribution < -0.4 is 10.1 Å². The van der Waals surface area contributed by atoms with Gasteiger partial charge in [-0.05, 0) is 12.8 Å². The molecule has 0 fully saturated rings. The Hall–Kier alpha value is -1.60. The van der Waals surface area contributed by atoms with Gasteiger partial charge in [0.1, 0.15) is 5.56 Å². The van der Waals surface area contributed by atoms with Crippen molar-refractivity contribution in [3.63, 3.8) is 0 Å². The van der Waals surface area contributed by atoms with Gasteiger partial charge >= 0.3 is 0 Å². The number of amides is 1. The minimum absolute atomic E-state index is 0.248. The van der Waals surface area contributed by atoms with E-state index in [4.69, 9.17) is 14.2 Å². The summed E-state index contributed by atoms with van der Waals surface area (Å²) in [7, 11) is 3.05. The molecule has 21 heavy (non-hydrogen) atoms. The normalized spacial score (nSPS) is 10.9. The number of carbonyl (C=O) groups excluding carboxylic acids is 1. The third-order valence-corrected chi connectivity index (χ3v) is 2.82. The number of carbonyl (C=O) groups is 1. The highest BCUT2D eigenvalue weighted by Crippen LogP contribution is 2.16. The van der Waals surface area contributed by atoms with E-state index in [2.05, 4.69) is 17.3 Å². The highest BCUT2D eigenvalue weighted by molar-refractivity contribution is 5.96. The molecule has 1 aromatic heterocycles. The van der Waals surface area contributed by atoms with Gasteiger partial charge in [-0.25, -0.2) is 0 Å². The molecule has 0 radical (unpaired) electrons. The second-order valence-electron chi connectivity index (χ2n) is 4.57. The molecule has 0 aliphatic heterocycles. The fourth-order valence-corrected chi connectivity index (χ4v) is 1.74. The van der Waals surface area contributed by atoms with E-state index < -0.39 is 6.29 Å². The monoisotopic (exact) mass is 299 g/mol. The van der Waals surface area contributed by atoms with Gasteiger partial charge in [0.15, 0.2) is 6.29 Å². The molecule has 0 aliphatic carbocycles. The zero-order valence-electron chi connectivity index (χ0n) is 13.2. The second kappa shape index (κ2) is 9.36. The van der Waals surface area contributed by atoms with E-state index in [-0.39, 0.29) is 12.5 Å². The van der Waals surface area contributed by atoms with Crippen molar-refractivity contribution < 1.29 is 19.0 Å². The maximum Gasteiger partial charge on any atom is 0.258 e. The minimum Gasteiger partial charge on any atom is -0.476 e. The van der Waals surface area contributed by atoms with Crippen LogP contribution >= 0.6 is 0 Å². The Morgan fingerprint density at radius 1 is 1.33 bits per heavy atom. The zero-order chi connectivity index (χ0) is 15.7. The second-order valence-corrected chi connectivity index (χ2v) is 4.57. The number of nitrogens with one attached hydrogen (secondary N) is 1. The molecule has 0 aromatic carbocycles. The predicted octanol–water partition coefficient (Wildman–Crippen LogP) is 1.43. The first-order valence-corrected chi connectivity index (χ1v) is 7.20. The van der Waals surface area contributed by atoms with Crippen LogP contribution in [0.25, 0.3) is 0 Å². The zero-order valence-corrected chi connectivity index (χ0v) is 13.2. The van der Waals surface area contributed by atoms with Crippen LogP contribution in [0, 0.1) is 0 Å². The fraction of sp³-hybridized carbons (Fsp3) is 0.714. The number of aryl methyl sites for hydroxylation is 1. The van der Waals surface area contributed by atoms with Gasteiger partial charge in [0, 0.05) is 27.0 Å². The Morgan fingerprint density at radius 3 is 2.62 bits per heavy atom. The molecule has 1 N–H and O–H groups in total. The lowest BCUT2D eigenvalue weighted by Crippen LogP contribution is -2.34. The fourth-order valence-electron chi connectivity index (χ4n) is 1.74. The number of aromatic nitrogens is 2. The van der Waals surface area contributed by atoms with Crippen LogP contribution in [0.3, 0.4) is 0 Å². The van der Waals surface area contributed by atoms with Crippen LogP contribution in [0.15, 0.2) is 6.20 Å². The molecule has 1 rings (SSSR count). The first-order chi connectivity index (χ1) is 10.2. The van der Waals surface area contributed by atoms with Crippen LogP contribution in [0.5, 0.6) is 5.88 Å². The summed E-state index contributed by atoms with van der Waals surface area (Å²) < 4.78 is 17.3. The standard InChI is InChI=1S/C14H25N3O4/c1-5-7-17-10-11(14(16-17)21-8-6-2)13(18)15-9-12(19-3)20-4/h10,12H,5-9H2,1-4H3,(H,15,18). The van der Waals surface area contributed by atoms with Crippen LogP contribution in [-0.2, 0) is 16.0 Å². The Labute approximate surface area is 125 Å². The molecule has 1 amide bonds. The molecule has 0 saturated heterocycles. The summed E-state index contributed by atoms with van der Waals surface area (Å²) in [6.07, 6.45) is 3.03. The minimum atomic E-state index is -0.473. The summed E-state index contributed by atoms with van der Waals surface area (Å²) in [4.78, 5) is 12.2. The Morgan fingerprint density at radius 2 is 2.05 bits per heavy atom. The van der Waals surface area contributed by atoms with Gasteiger partial charge in [-0.3, -0.25) is 9.48 Å². The van der Waals surface area contributed by atoms with E-state index in [9.17, 15) is 4.79 Å². The molecule has 0 atom stereocenters. The largest absolute Gasteiger partial charge is 0.476 e. The van der Waals surface area contributed by atoms with Crippen molar-refractivity contribution in [2.45, 2.75) is 39.5 Å². The summed E-state index contributed by atoms with van der Waals surface area (Å²) in [5.74, 6) is 0.122. The summed E-state index contributed by atoms with van der Waals surface area (Å²) in [6.45, 7) is 5.59. The SMILES string of the molecule is CCCOc1nn(CCC)cc1C(=O)NCC(OC)OC. The summed E-state index contributed by atoms with van der Waals surface area (Å²) in [5.41, 5.74) is 0.433. The summed E-state index contributed by atoms with van der Waals surface area (Å²) in [5, 5.41) is 7.05. The van der Waals surface area contributed by atoms with Crippen molar-refractivity contribution in [2.75, 3.05) is 27.4 Å². The van der Waals surface area contributed by atoms with Crippen molar-refractivity contribution >= 4 is 5.91 Å². The Bertz CT molecular complexity index is 430. The third kappa shape index (κ3) is 5.35. The maximum absolute atomic E-state index is 12.2. The number of methoxy groups -OCH3 is 2. The van der Waals surface area contributed by atoms with Gasteiger partial charge in [-0.15, -0.1) is 5.10 Å². The van der Waals surface area contributed by atoms with E-state index >= 15 is 0 Å².